The minimum Gasteiger partial charge on any atom is -0.370 e. The first-order chi connectivity index (χ1) is 18.0. The van der Waals surface area contributed by atoms with E-state index in [1.54, 1.807) is 18.1 Å². The molecule has 38 heavy (non-hydrogen) atoms. The van der Waals surface area contributed by atoms with Gasteiger partial charge < -0.3 is 9.47 Å². The maximum Gasteiger partial charge on any atom is 0.416 e. The molecule has 3 aromatic heterocycles. The molecule has 1 aliphatic heterocycles. The SMILES string of the molecule is Cn1cnnc1C1(F)CCN(c2c(C#N)cc(C(F)(F)F)cc2-c2cnc3nc(C4(C)CC4)nn3c2)CC1. The van der Waals surface area contributed by atoms with E-state index in [0.29, 0.717) is 22.9 Å². The van der Waals surface area contributed by atoms with Crippen LogP contribution in [-0.2, 0) is 24.3 Å². The minimum atomic E-state index is -4.67. The summed E-state index contributed by atoms with van der Waals surface area (Å²) in [7, 11) is 1.66. The number of aromatic nitrogens is 7. The number of hydrogen-bond donors (Lipinski definition) is 0. The summed E-state index contributed by atoms with van der Waals surface area (Å²) >= 11 is 0. The molecule has 1 saturated carbocycles. The van der Waals surface area contributed by atoms with Crippen molar-refractivity contribution in [2.75, 3.05) is 18.0 Å². The summed E-state index contributed by atoms with van der Waals surface area (Å²) in [6, 6.07) is 3.78. The fourth-order valence-electron chi connectivity index (χ4n) is 5.03. The molecule has 2 aliphatic rings. The van der Waals surface area contributed by atoms with Crippen molar-refractivity contribution in [1.82, 2.24) is 34.3 Å². The number of hydrogen-bond acceptors (Lipinski definition) is 7. The number of benzene rings is 1. The Morgan fingerprint density at radius 2 is 1.84 bits per heavy atom. The largest absolute Gasteiger partial charge is 0.416 e. The molecule has 6 rings (SSSR count). The van der Waals surface area contributed by atoms with Crippen LogP contribution in [0.1, 0.15) is 55.4 Å². The van der Waals surface area contributed by atoms with Gasteiger partial charge in [-0.15, -0.1) is 15.3 Å². The van der Waals surface area contributed by atoms with Crippen LogP contribution >= 0.6 is 0 Å². The second-order valence-electron chi connectivity index (χ2n) is 10.3. The topological polar surface area (TPSA) is 101 Å². The Morgan fingerprint density at radius 3 is 2.45 bits per heavy atom. The number of nitriles is 1. The lowest BCUT2D eigenvalue weighted by atomic mass is 9.90. The van der Waals surface area contributed by atoms with Gasteiger partial charge in [0, 0.05) is 61.9 Å². The molecule has 4 aromatic rings. The second-order valence-corrected chi connectivity index (χ2v) is 10.3. The minimum absolute atomic E-state index is 0.0349. The van der Waals surface area contributed by atoms with Crippen molar-refractivity contribution in [2.24, 2.45) is 7.05 Å². The summed E-state index contributed by atoms with van der Waals surface area (Å²) in [5.74, 6) is 1.18. The Balaban J connectivity index is 1.44. The van der Waals surface area contributed by atoms with E-state index in [4.69, 9.17) is 0 Å². The van der Waals surface area contributed by atoms with Crippen LogP contribution in [0.4, 0.5) is 23.2 Å². The molecule has 2 fully saturated rings. The van der Waals surface area contributed by atoms with Gasteiger partial charge in [-0.3, -0.25) is 0 Å². The normalized spacial score (nSPS) is 18.5. The van der Waals surface area contributed by atoms with Crippen LogP contribution in [0, 0.1) is 11.3 Å². The zero-order valence-electron chi connectivity index (χ0n) is 20.7. The van der Waals surface area contributed by atoms with E-state index in [1.165, 1.54) is 21.6 Å². The first-order valence-corrected chi connectivity index (χ1v) is 12.2. The number of piperidine rings is 1. The maximum absolute atomic E-state index is 15.8. The van der Waals surface area contributed by atoms with Crippen LogP contribution in [0.2, 0.25) is 0 Å². The van der Waals surface area contributed by atoms with Crippen LogP contribution < -0.4 is 4.90 Å². The summed E-state index contributed by atoms with van der Waals surface area (Å²) in [6.07, 6.45) is 1.75. The molecule has 0 amide bonds. The van der Waals surface area contributed by atoms with Gasteiger partial charge >= 0.3 is 6.18 Å². The molecule has 0 N–H and O–H groups in total. The summed E-state index contributed by atoms with van der Waals surface area (Å²) < 4.78 is 60.3. The lowest BCUT2D eigenvalue weighted by Gasteiger charge is -2.38. The fourth-order valence-corrected chi connectivity index (χ4v) is 5.03. The summed E-state index contributed by atoms with van der Waals surface area (Å²) in [5.41, 5.74) is -2.13. The Kier molecular flexibility index (Phi) is 5.24. The molecular formula is C25H23F4N9. The Labute approximate surface area is 214 Å². The molecule has 13 heteroatoms. The zero-order valence-corrected chi connectivity index (χ0v) is 20.7. The van der Waals surface area contributed by atoms with Crippen LogP contribution in [0.25, 0.3) is 16.9 Å². The van der Waals surface area contributed by atoms with Gasteiger partial charge in [-0.2, -0.15) is 23.4 Å². The number of fused-ring (bicyclic) bond motifs is 1. The van der Waals surface area contributed by atoms with Crippen LogP contribution in [0.5, 0.6) is 0 Å². The van der Waals surface area contributed by atoms with Gasteiger partial charge in [0.05, 0.1) is 16.8 Å². The summed E-state index contributed by atoms with van der Waals surface area (Å²) in [6.45, 7) is 2.38. The molecule has 0 radical (unpaired) electrons. The molecule has 4 heterocycles. The quantitative estimate of drug-likeness (QED) is 0.366. The molecule has 0 atom stereocenters. The van der Waals surface area contributed by atoms with E-state index in [0.717, 1.165) is 25.0 Å². The second kappa shape index (κ2) is 8.21. The van der Waals surface area contributed by atoms with Gasteiger partial charge in [0.15, 0.2) is 17.3 Å². The van der Waals surface area contributed by atoms with E-state index in [-0.39, 0.29) is 48.3 Å². The zero-order chi connectivity index (χ0) is 26.9. The Bertz CT molecular complexity index is 1580. The number of anilines is 1. The van der Waals surface area contributed by atoms with Gasteiger partial charge in [-0.1, -0.05) is 6.92 Å². The van der Waals surface area contributed by atoms with E-state index in [2.05, 4.69) is 32.2 Å². The Morgan fingerprint density at radius 1 is 1.11 bits per heavy atom. The van der Waals surface area contributed by atoms with Gasteiger partial charge in [-0.25, -0.2) is 13.9 Å². The van der Waals surface area contributed by atoms with Crippen molar-refractivity contribution >= 4 is 11.5 Å². The molecule has 0 spiro atoms. The average molecular weight is 526 g/mol. The van der Waals surface area contributed by atoms with Crippen LogP contribution in [-0.4, -0.2) is 47.4 Å². The lowest BCUT2D eigenvalue weighted by Crippen LogP contribution is -2.42. The van der Waals surface area contributed by atoms with Gasteiger partial charge in [-0.05, 0) is 25.0 Å². The van der Waals surface area contributed by atoms with E-state index >= 15 is 4.39 Å². The highest BCUT2D eigenvalue weighted by Gasteiger charge is 2.44. The van der Waals surface area contributed by atoms with Crippen molar-refractivity contribution in [1.29, 1.82) is 5.26 Å². The molecule has 0 unspecified atom stereocenters. The van der Waals surface area contributed by atoms with Gasteiger partial charge in [0.2, 0.25) is 0 Å². The van der Waals surface area contributed by atoms with Gasteiger partial charge in [0.1, 0.15) is 12.4 Å². The number of alkyl halides is 4. The van der Waals surface area contributed by atoms with Crippen molar-refractivity contribution in [2.45, 2.75) is 49.9 Å². The van der Waals surface area contributed by atoms with E-state index in [9.17, 15) is 18.4 Å². The average Bonchev–Trinajstić information content (AvgIpc) is 3.27. The van der Waals surface area contributed by atoms with Crippen LogP contribution in [0.3, 0.4) is 0 Å². The van der Waals surface area contributed by atoms with Crippen molar-refractivity contribution in [3.8, 4) is 17.2 Å². The fraction of sp³-hybridized carbons (Fsp3) is 0.440. The lowest BCUT2D eigenvalue weighted by molar-refractivity contribution is -0.137. The summed E-state index contributed by atoms with van der Waals surface area (Å²) in [4.78, 5) is 10.6. The molecule has 1 aliphatic carbocycles. The number of aryl methyl sites for hydroxylation is 1. The molecule has 9 nitrogen and oxygen atoms in total. The number of halogens is 4. The number of rotatable bonds is 4. The monoisotopic (exact) mass is 525 g/mol. The molecule has 1 aromatic carbocycles. The van der Waals surface area contributed by atoms with E-state index < -0.39 is 17.4 Å². The smallest absolute Gasteiger partial charge is 0.370 e. The van der Waals surface area contributed by atoms with Crippen molar-refractivity contribution in [3.05, 3.63) is 53.6 Å². The predicted octanol–water partition coefficient (Wildman–Crippen LogP) is 4.33. The van der Waals surface area contributed by atoms with Gasteiger partial charge in [0.25, 0.3) is 5.78 Å². The highest BCUT2D eigenvalue weighted by atomic mass is 19.4. The highest BCUT2D eigenvalue weighted by Crippen LogP contribution is 2.46. The van der Waals surface area contributed by atoms with Crippen molar-refractivity contribution in [3.63, 3.8) is 0 Å². The molecule has 0 bridgehead atoms. The third-order valence-electron chi connectivity index (χ3n) is 7.59. The van der Waals surface area contributed by atoms with Crippen molar-refractivity contribution < 1.29 is 17.6 Å². The molecule has 196 valence electrons. The highest BCUT2D eigenvalue weighted by molar-refractivity contribution is 5.83. The first-order valence-electron chi connectivity index (χ1n) is 12.2. The van der Waals surface area contributed by atoms with Crippen LogP contribution in [0.15, 0.2) is 30.9 Å². The molecule has 1 saturated heterocycles. The first kappa shape index (κ1) is 24.3. The summed E-state index contributed by atoms with van der Waals surface area (Å²) in [5, 5.41) is 22.1. The molecular weight excluding hydrogens is 502 g/mol. The number of nitrogens with zero attached hydrogens (tertiary/aromatic N) is 9. The standard InChI is InChI=1S/C25H23F4N9/c1-23(3-4-23)20-33-22-31-12-16(13-38(22)35-20)18-10-17(25(27,28)29)9-15(11-30)19(18)37-7-5-24(26,6-8-37)21-34-32-14-36(21)2/h9-10,12-14H,3-8H2,1-2H3. The maximum atomic E-state index is 15.8. The third-order valence-corrected chi connectivity index (χ3v) is 7.59. The third kappa shape index (κ3) is 3.95. The van der Waals surface area contributed by atoms with E-state index in [1.807, 2.05) is 6.07 Å². The Hall–Kier alpha value is -4.08. The predicted molar refractivity (Wildman–Crippen MR) is 128 cm³/mol.